The topological polar surface area (TPSA) is 35.5 Å². The number of benzene rings is 2. The smallest absolute Gasteiger partial charge is 0.344 e. The van der Waals surface area contributed by atoms with Gasteiger partial charge in [-0.05, 0) is 43.3 Å². The second-order valence-electron chi connectivity index (χ2n) is 4.24. The molecular formula is C16H14Cl2O3S. The lowest BCUT2D eigenvalue weighted by Crippen LogP contribution is -2.14. The van der Waals surface area contributed by atoms with E-state index in [1.165, 1.54) is 11.8 Å². The predicted molar refractivity (Wildman–Crippen MR) is 89.2 cm³/mol. The van der Waals surface area contributed by atoms with Crippen molar-refractivity contribution in [1.29, 1.82) is 0 Å². The third-order valence-corrected chi connectivity index (χ3v) is 4.08. The highest BCUT2D eigenvalue weighted by Gasteiger charge is 2.10. The molecule has 0 bridgehead atoms. The summed E-state index contributed by atoms with van der Waals surface area (Å²) in [4.78, 5) is 13.2. The Bertz CT molecular complexity index is 662. The molecule has 0 N–H and O–H groups in total. The molecule has 0 radical (unpaired) electrons. The molecule has 0 aliphatic heterocycles. The number of hydrogen-bond acceptors (Lipinski definition) is 4. The van der Waals surface area contributed by atoms with Crippen molar-refractivity contribution in [3.8, 4) is 5.75 Å². The van der Waals surface area contributed by atoms with Gasteiger partial charge in [-0.15, -0.1) is 0 Å². The molecule has 0 unspecified atom stereocenters. The zero-order valence-corrected chi connectivity index (χ0v) is 14.2. The van der Waals surface area contributed by atoms with Crippen molar-refractivity contribution in [2.24, 2.45) is 0 Å². The first-order valence-electron chi connectivity index (χ1n) is 6.60. The van der Waals surface area contributed by atoms with Crippen LogP contribution in [0.25, 0.3) is 0 Å². The van der Waals surface area contributed by atoms with Gasteiger partial charge in [-0.2, -0.15) is 0 Å². The van der Waals surface area contributed by atoms with E-state index in [0.29, 0.717) is 22.4 Å². The zero-order chi connectivity index (χ0) is 15.9. The maximum Gasteiger partial charge on any atom is 0.344 e. The number of halogens is 2. The largest absolute Gasteiger partial charge is 0.481 e. The van der Waals surface area contributed by atoms with Crippen LogP contribution in [0.1, 0.15) is 6.92 Å². The van der Waals surface area contributed by atoms with Gasteiger partial charge >= 0.3 is 5.97 Å². The van der Waals surface area contributed by atoms with Crippen LogP contribution in [0.2, 0.25) is 10.0 Å². The first kappa shape index (κ1) is 17.0. The molecule has 3 nitrogen and oxygen atoms in total. The highest BCUT2D eigenvalue weighted by Crippen LogP contribution is 2.37. The third-order valence-electron chi connectivity index (χ3n) is 2.58. The Kier molecular flexibility index (Phi) is 6.43. The second-order valence-corrected chi connectivity index (χ2v) is 6.23. The van der Waals surface area contributed by atoms with Crippen LogP contribution in [-0.4, -0.2) is 19.2 Å². The van der Waals surface area contributed by atoms with Gasteiger partial charge in [0, 0.05) is 14.9 Å². The van der Waals surface area contributed by atoms with Crippen LogP contribution in [0.3, 0.4) is 0 Å². The van der Waals surface area contributed by atoms with Crippen molar-refractivity contribution in [1.82, 2.24) is 0 Å². The summed E-state index contributed by atoms with van der Waals surface area (Å²) in [5, 5.41) is 1.24. The normalized spacial score (nSPS) is 10.3. The first-order valence-corrected chi connectivity index (χ1v) is 8.17. The van der Waals surface area contributed by atoms with Gasteiger partial charge in [0.2, 0.25) is 0 Å². The molecular weight excluding hydrogens is 343 g/mol. The monoisotopic (exact) mass is 356 g/mol. The Hall–Kier alpha value is -1.36. The summed E-state index contributed by atoms with van der Waals surface area (Å²) in [6, 6.07) is 12.7. The molecule has 2 rings (SSSR count). The summed E-state index contributed by atoms with van der Waals surface area (Å²) in [6.07, 6.45) is 0. The van der Waals surface area contributed by atoms with Crippen LogP contribution >= 0.6 is 35.0 Å². The van der Waals surface area contributed by atoms with E-state index in [0.717, 1.165) is 9.79 Å². The van der Waals surface area contributed by atoms with Crippen molar-refractivity contribution < 1.29 is 14.3 Å². The summed E-state index contributed by atoms with van der Waals surface area (Å²) in [7, 11) is 0. The average molecular weight is 357 g/mol. The van der Waals surface area contributed by atoms with Crippen LogP contribution in [0.15, 0.2) is 52.3 Å². The van der Waals surface area contributed by atoms with Gasteiger partial charge in [-0.1, -0.05) is 41.0 Å². The van der Waals surface area contributed by atoms with E-state index >= 15 is 0 Å². The third kappa shape index (κ3) is 5.13. The SMILES string of the molecule is CCOC(=O)COc1ccc(Cl)cc1Sc1cccc(Cl)c1. The molecule has 0 saturated carbocycles. The fraction of sp³-hybridized carbons (Fsp3) is 0.188. The molecule has 0 saturated heterocycles. The van der Waals surface area contributed by atoms with Crippen LogP contribution in [-0.2, 0) is 9.53 Å². The summed E-state index contributed by atoms with van der Waals surface area (Å²) in [5.74, 6) is 0.165. The molecule has 0 aromatic heterocycles. The molecule has 2 aromatic carbocycles. The lowest BCUT2D eigenvalue weighted by molar-refractivity contribution is -0.145. The van der Waals surface area contributed by atoms with E-state index in [1.54, 1.807) is 25.1 Å². The number of rotatable bonds is 6. The average Bonchev–Trinajstić information content (AvgIpc) is 2.47. The highest BCUT2D eigenvalue weighted by atomic mass is 35.5. The van der Waals surface area contributed by atoms with E-state index in [2.05, 4.69) is 0 Å². The quantitative estimate of drug-likeness (QED) is 0.675. The minimum Gasteiger partial charge on any atom is -0.481 e. The molecule has 6 heteroatoms. The summed E-state index contributed by atoms with van der Waals surface area (Å²) >= 11 is 13.5. The number of carbonyl (C=O) groups excluding carboxylic acids is 1. The second kappa shape index (κ2) is 8.32. The van der Waals surface area contributed by atoms with Crippen LogP contribution < -0.4 is 4.74 Å². The van der Waals surface area contributed by atoms with E-state index in [9.17, 15) is 4.79 Å². The Morgan fingerprint density at radius 2 is 1.91 bits per heavy atom. The molecule has 0 atom stereocenters. The Morgan fingerprint density at radius 3 is 2.64 bits per heavy atom. The molecule has 0 aliphatic rings. The molecule has 0 fully saturated rings. The standard InChI is InChI=1S/C16H14Cl2O3S/c1-2-20-16(19)10-21-14-7-6-12(18)9-15(14)22-13-5-3-4-11(17)8-13/h3-9H,2,10H2,1H3. The van der Waals surface area contributed by atoms with E-state index in [4.69, 9.17) is 32.7 Å². The van der Waals surface area contributed by atoms with Crippen molar-refractivity contribution in [2.75, 3.05) is 13.2 Å². The molecule has 0 heterocycles. The minimum absolute atomic E-state index is 0.140. The predicted octanol–water partition coefficient (Wildman–Crippen LogP) is 5.09. The van der Waals surface area contributed by atoms with Gasteiger partial charge < -0.3 is 9.47 Å². The number of ether oxygens (including phenoxy) is 2. The zero-order valence-electron chi connectivity index (χ0n) is 11.8. The van der Waals surface area contributed by atoms with E-state index in [1.807, 2.05) is 24.3 Å². The Labute approximate surface area is 143 Å². The number of carbonyl (C=O) groups is 1. The molecule has 2 aromatic rings. The van der Waals surface area contributed by atoms with Crippen molar-refractivity contribution in [3.05, 3.63) is 52.5 Å². The molecule has 116 valence electrons. The van der Waals surface area contributed by atoms with Crippen molar-refractivity contribution >= 4 is 40.9 Å². The number of hydrogen-bond donors (Lipinski definition) is 0. The Balaban J connectivity index is 2.15. The van der Waals surface area contributed by atoms with Gasteiger partial charge in [0.05, 0.1) is 11.5 Å². The van der Waals surface area contributed by atoms with Crippen molar-refractivity contribution in [2.45, 2.75) is 16.7 Å². The molecule has 0 spiro atoms. The lowest BCUT2D eigenvalue weighted by atomic mass is 10.3. The molecule has 0 aliphatic carbocycles. The summed E-state index contributed by atoms with van der Waals surface area (Å²) < 4.78 is 10.4. The van der Waals surface area contributed by atoms with Gasteiger partial charge in [0.15, 0.2) is 6.61 Å². The van der Waals surface area contributed by atoms with Gasteiger partial charge in [0.25, 0.3) is 0 Å². The minimum atomic E-state index is -0.406. The van der Waals surface area contributed by atoms with Crippen LogP contribution in [0, 0.1) is 0 Å². The molecule has 0 amide bonds. The fourth-order valence-corrected chi connectivity index (χ4v) is 3.17. The lowest BCUT2D eigenvalue weighted by Gasteiger charge is -2.11. The highest BCUT2D eigenvalue weighted by molar-refractivity contribution is 7.99. The van der Waals surface area contributed by atoms with Gasteiger partial charge in [0.1, 0.15) is 5.75 Å². The van der Waals surface area contributed by atoms with Gasteiger partial charge in [-0.25, -0.2) is 4.79 Å². The van der Waals surface area contributed by atoms with E-state index in [-0.39, 0.29) is 6.61 Å². The Morgan fingerprint density at radius 1 is 1.14 bits per heavy atom. The van der Waals surface area contributed by atoms with E-state index < -0.39 is 5.97 Å². The van der Waals surface area contributed by atoms with Crippen LogP contribution in [0.5, 0.6) is 5.75 Å². The van der Waals surface area contributed by atoms with Gasteiger partial charge in [-0.3, -0.25) is 0 Å². The summed E-state index contributed by atoms with van der Waals surface area (Å²) in [5.41, 5.74) is 0. The maximum atomic E-state index is 11.4. The first-order chi connectivity index (χ1) is 10.6. The fourth-order valence-electron chi connectivity index (χ4n) is 1.68. The van der Waals surface area contributed by atoms with Crippen LogP contribution in [0.4, 0.5) is 0 Å². The summed E-state index contributed by atoms with van der Waals surface area (Å²) in [6.45, 7) is 1.94. The maximum absolute atomic E-state index is 11.4. The van der Waals surface area contributed by atoms with Crippen molar-refractivity contribution in [3.63, 3.8) is 0 Å². The number of esters is 1. The molecule has 22 heavy (non-hydrogen) atoms.